The third-order valence-electron chi connectivity index (χ3n) is 4.47. The van der Waals surface area contributed by atoms with Gasteiger partial charge >= 0.3 is 15.1 Å². The molecule has 4 heteroatoms. The van der Waals surface area contributed by atoms with Gasteiger partial charge in [0, 0.05) is 0 Å². The predicted octanol–water partition coefficient (Wildman–Crippen LogP) is 3.80. The number of hydrogen-bond donors (Lipinski definition) is 0. The van der Waals surface area contributed by atoms with Crippen molar-refractivity contribution in [1.82, 2.24) is 0 Å². The molecule has 1 heterocycles. The largest absolute Gasteiger partial charge is 0.365 e. The van der Waals surface area contributed by atoms with Crippen LogP contribution in [0.15, 0.2) is 0 Å². The molecule has 0 aromatic carbocycles. The van der Waals surface area contributed by atoms with Crippen molar-refractivity contribution in [3.8, 4) is 0 Å². The molecule has 0 nitrogen and oxygen atoms in total. The molecule has 0 aliphatic carbocycles. The van der Waals surface area contributed by atoms with E-state index in [2.05, 4.69) is 41.5 Å². The fraction of sp³-hybridized carbons (Fsp3) is 1.00. The van der Waals surface area contributed by atoms with Gasteiger partial charge < -0.3 is 0 Å². The van der Waals surface area contributed by atoms with E-state index in [9.17, 15) is 0 Å². The van der Waals surface area contributed by atoms with E-state index in [1.807, 2.05) is 0 Å². The minimum atomic E-state index is -1.25. The maximum absolute atomic E-state index is 6.67. The summed E-state index contributed by atoms with van der Waals surface area (Å²) in [6.45, 7) is 13.8. The van der Waals surface area contributed by atoms with Crippen LogP contribution in [-0.2, 0) is 0 Å². The molecule has 16 heavy (non-hydrogen) atoms. The third-order valence-corrected chi connectivity index (χ3v) is 14.6. The summed E-state index contributed by atoms with van der Waals surface area (Å²) in [6.07, 6.45) is 4.83. The second kappa shape index (κ2) is 4.28. The van der Waals surface area contributed by atoms with Crippen LogP contribution in [-0.4, -0.2) is 50.1 Å². The molecule has 1 aliphatic rings. The summed E-state index contributed by atoms with van der Waals surface area (Å²) in [5.74, 6) is 0. The first kappa shape index (κ1) is 15.0. The molecular weight excluding hydrogens is 228 g/mol. The van der Waals surface area contributed by atoms with Gasteiger partial charge in [-0.3, -0.25) is 0 Å². The topological polar surface area (TPSA) is 0 Å². The Morgan fingerprint density at radius 1 is 0.625 bits per heavy atom. The van der Waals surface area contributed by atoms with Crippen molar-refractivity contribution in [2.24, 2.45) is 0 Å². The van der Waals surface area contributed by atoms with Crippen LogP contribution in [0.25, 0.3) is 0 Å². The summed E-state index contributed by atoms with van der Waals surface area (Å²) in [6, 6.07) is 0. The second-order valence-corrected chi connectivity index (χ2v) is 15.9. The van der Waals surface area contributed by atoms with E-state index in [0.717, 1.165) is 0 Å². The molecule has 1 aliphatic heterocycles. The zero-order valence-corrected chi connectivity index (χ0v) is 13.7. The van der Waals surface area contributed by atoms with E-state index < -0.39 is 14.3 Å². The molecule has 0 aromatic rings. The quantitative estimate of drug-likeness (QED) is 0.455. The Bertz CT molecular complexity index is 227. The normalized spacial score (nSPS) is 37.4. The van der Waals surface area contributed by atoms with Crippen molar-refractivity contribution in [2.75, 3.05) is 24.6 Å². The Morgan fingerprint density at radius 2 is 0.812 bits per heavy atom. The van der Waals surface area contributed by atoms with Crippen LogP contribution in [0.5, 0.6) is 0 Å². The van der Waals surface area contributed by atoms with E-state index in [1.165, 1.54) is 24.6 Å². The predicted molar refractivity (Wildman–Crippen MR) is 84.3 cm³/mol. The molecule has 88 valence electrons. The molecule has 1 saturated heterocycles. The van der Waals surface area contributed by atoms with Gasteiger partial charge in [0.25, 0.3) is 0 Å². The molecule has 0 unspecified atom stereocenters. The van der Waals surface area contributed by atoms with E-state index >= 15 is 0 Å². The summed E-state index contributed by atoms with van der Waals surface area (Å²) >= 11 is 0. The highest BCUT2D eigenvalue weighted by Crippen LogP contribution is 2.76. The molecule has 0 bridgehead atoms. The molecule has 0 spiro atoms. The smallest absolute Gasteiger partial charge is 0.0276 e. The van der Waals surface area contributed by atoms with Gasteiger partial charge in [-0.05, 0) is 55.8 Å². The van der Waals surface area contributed by atoms with Crippen molar-refractivity contribution in [3.63, 3.8) is 0 Å². The molecule has 0 aromatic heterocycles. The van der Waals surface area contributed by atoms with Gasteiger partial charge in [0.15, 0.2) is 0 Å². The highest BCUT2D eigenvalue weighted by molar-refractivity contribution is 8.04. The zero-order valence-electron chi connectivity index (χ0n) is 11.9. The molecule has 0 amide bonds. The summed E-state index contributed by atoms with van der Waals surface area (Å²) in [7, 11) is 10.8. The lowest BCUT2D eigenvalue weighted by Crippen LogP contribution is -2.37. The minimum absolute atomic E-state index is 0.302. The Labute approximate surface area is 106 Å². The lowest BCUT2D eigenvalue weighted by molar-refractivity contribution is 0.759. The van der Waals surface area contributed by atoms with Crippen molar-refractivity contribution < 1.29 is 0 Å². The third kappa shape index (κ3) is 2.70. The monoisotopic (exact) mass is 254 g/mol. The summed E-state index contributed by atoms with van der Waals surface area (Å²) in [4.78, 5) is 0. The molecule has 4 radical (unpaired) electrons. The Morgan fingerprint density at radius 3 is 0.938 bits per heavy atom. The molecule has 1 fully saturated rings. The van der Waals surface area contributed by atoms with Crippen molar-refractivity contribution in [2.45, 2.75) is 51.9 Å². The van der Waals surface area contributed by atoms with Gasteiger partial charge in [-0.25, -0.2) is 0 Å². The van der Waals surface area contributed by atoms with Crippen LogP contribution in [0.2, 0.25) is 0 Å². The fourth-order valence-corrected chi connectivity index (χ4v) is 11.1. The lowest BCUT2D eigenvalue weighted by atomic mass is 10.2. The number of hydrogen-bond acceptors (Lipinski definition) is 0. The second-order valence-electron chi connectivity index (χ2n) is 7.30. The van der Waals surface area contributed by atoms with E-state index in [0.29, 0.717) is 10.3 Å². The lowest BCUT2D eigenvalue weighted by Gasteiger charge is -2.46. The van der Waals surface area contributed by atoms with Gasteiger partial charge in [0.2, 0.25) is 0 Å². The minimum Gasteiger partial charge on any atom is -0.0276 e. The average molecular weight is 254 g/mol. The maximum Gasteiger partial charge on any atom is 0.365 e. The van der Waals surface area contributed by atoms with Crippen LogP contribution >= 0.6 is 14.3 Å². The van der Waals surface area contributed by atoms with Crippen LogP contribution in [0, 0.1) is 0 Å². The highest BCUT2D eigenvalue weighted by Gasteiger charge is 2.56. The van der Waals surface area contributed by atoms with Crippen LogP contribution in [0.1, 0.15) is 41.5 Å². The van der Waals surface area contributed by atoms with Crippen LogP contribution in [0.4, 0.5) is 0 Å². The Balaban J connectivity index is 2.79. The highest BCUT2D eigenvalue weighted by atomic mass is 31.2. The van der Waals surface area contributed by atoms with Gasteiger partial charge in [-0.1, -0.05) is 0 Å². The SMILES string of the molecule is [B][P+]1(C(C)(C)C)CC[P+]([B])(C(C)(C)C)CC1. The summed E-state index contributed by atoms with van der Waals surface area (Å²) < 4.78 is 0. The standard InChI is InChI=1S/C12H26B2P2/c1-11(2,3)15(13)7-9-16(14,10-8-15)12(4,5)6/h7-10H2,1-6H3/q+2. The molecule has 0 atom stereocenters. The molecule has 1 rings (SSSR count). The van der Waals surface area contributed by atoms with Crippen LogP contribution in [0.3, 0.4) is 0 Å². The van der Waals surface area contributed by atoms with Gasteiger partial charge in [-0.15, -0.1) is 0 Å². The first-order chi connectivity index (χ1) is 6.91. The Hall–Kier alpha value is 0.990. The van der Waals surface area contributed by atoms with E-state index in [-0.39, 0.29) is 0 Å². The molecule has 0 saturated carbocycles. The van der Waals surface area contributed by atoms with Crippen molar-refractivity contribution in [3.05, 3.63) is 0 Å². The fourth-order valence-electron chi connectivity index (χ4n) is 2.28. The van der Waals surface area contributed by atoms with Crippen molar-refractivity contribution in [1.29, 1.82) is 0 Å². The first-order valence-electron chi connectivity index (χ1n) is 6.23. The molecular formula is C12H26B2P2+2. The average Bonchev–Trinajstić information content (AvgIpc) is 2.07. The Kier molecular flexibility index (Phi) is 4.02. The van der Waals surface area contributed by atoms with E-state index in [4.69, 9.17) is 15.1 Å². The van der Waals surface area contributed by atoms with Crippen molar-refractivity contribution >= 4 is 29.4 Å². The van der Waals surface area contributed by atoms with Gasteiger partial charge in [0.05, 0.1) is 35.0 Å². The van der Waals surface area contributed by atoms with E-state index in [1.54, 1.807) is 0 Å². The van der Waals surface area contributed by atoms with Crippen LogP contribution < -0.4 is 0 Å². The summed E-state index contributed by atoms with van der Waals surface area (Å²) in [5.41, 5.74) is 0. The summed E-state index contributed by atoms with van der Waals surface area (Å²) in [5, 5.41) is 0.603. The van der Waals surface area contributed by atoms with Gasteiger partial charge in [0.1, 0.15) is 0 Å². The zero-order chi connectivity index (χ0) is 12.8. The number of rotatable bonds is 0. The first-order valence-corrected chi connectivity index (χ1v) is 10.7. The maximum atomic E-state index is 6.67. The van der Waals surface area contributed by atoms with Gasteiger partial charge in [-0.2, -0.15) is 0 Å². The molecule has 0 N–H and O–H groups in total.